The Labute approximate surface area is 811 Å². The highest BCUT2D eigenvalue weighted by atomic mass is 79.9. The molecule has 8 heterocycles. The monoisotopic (exact) mass is 2150 g/mol. The van der Waals surface area contributed by atoms with Crippen LogP contribution in [0.1, 0.15) is 38.9 Å². The molecular weight excluding hydrogens is 2100 g/mol. The van der Waals surface area contributed by atoms with Crippen LogP contribution < -0.4 is 42.5 Å². The standard InChI is InChI=1S/2C24H14F9N5O.C22H14BrClF3N5O.C21H14BrCl2N5O/c25-22(26,27)14-1-3-18(4-2-14)38-20(12-19(37-38)13-5-7-34-8-6-13)36-21(39)35-17-10-15(23(28,29)30)9-16(11-17)24(31,32)33;25-22(26,27)14-3-5-18(6-4-14)38-20(11-19(37-38)13-2-1-7-34-12-13)36-21(39)35-17-9-15(23(28,29)30)8-16(10-17)24(31,32)33;23-15-3-5-18(6-4-15)32-20(11-19(31-32)13-2-1-7-28-12-13)30-21(33)29-17-9-14(22(25,26)27)8-16(24)10-17;22-14-3-5-18(6-4-14)29-20(11-19(28-29)13-2-1-7-25-12-13)27-21(30)26-17-9-15(23)8-16(24)10-17/h2*1-12H,(H2,35,36,39);1-12H,(H2,29,30,33);1-12H,(H2,26,27,30). The van der Waals surface area contributed by atoms with E-state index in [2.05, 4.69) is 104 Å². The van der Waals surface area contributed by atoms with Crippen LogP contribution in [0, 0.1) is 0 Å². The molecule has 0 radical (unpaired) electrons. The zero-order valence-electron chi connectivity index (χ0n) is 70.0. The summed E-state index contributed by atoms with van der Waals surface area (Å²) in [4.78, 5) is 66.5. The van der Waals surface area contributed by atoms with Crippen molar-refractivity contribution in [1.29, 1.82) is 0 Å². The molecule has 8 N–H and O–H groups in total. The maximum absolute atomic E-state index is 13.1. The number of amides is 8. The molecule has 141 heavy (non-hydrogen) atoms. The summed E-state index contributed by atoms with van der Waals surface area (Å²) in [5, 5.41) is 37.3. The number of urea groups is 4. The van der Waals surface area contributed by atoms with Gasteiger partial charge >= 0.3 is 67.4 Å². The first kappa shape index (κ1) is 103. The summed E-state index contributed by atoms with van der Waals surface area (Å²) in [6, 6.07) is 46.8. The zero-order chi connectivity index (χ0) is 102. The third kappa shape index (κ3) is 28.0. The molecule has 0 bridgehead atoms. The molecule has 0 aliphatic heterocycles. The number of nitrogens with zero attached hydrogens (tertiary/aromatic N) is 12. The van der Waals surface area contributed by atoms with Gasteiger partial charge in [0, 0.05) is 143 Å². The Morgan fingerprint density at radius 3 is 0.730 bits per heavy atom. The van der Waals surface area contributed by atoms with Gasteiger partial charge in [0.2, 0.25) is 0 Å². The molecule has 16 aromatic rings. The normalized spacial score (nSPS) is 11.7. The van der Waals surface area contributed by atoms with Crippen molar-refractivity contribution < 1.29 is 111 Å². The molecule has 0 spiro atoms. The van der Waals surface area contributed by atoms with Crippen LogP contribution in [0.25, 0.3) is 67.8 Å². The molecule has 726 valence electrons. The van der Waals surface area contributed by atoms with E-state index in [9.17, 15) is 111 Å². The van der Waals surface area contributed by atoms with E-state index >= 15 is 0 Å². The van der Waals surface area contributed by atoms with Crippen molar-refractivity contribution in [3.05, 3.63) is 355 Å². The molecule has 8 aromatic carbocycles. The highest BCUT2D eigenvalue weighted by Gasteiger charge is 2.40. The van der Waals surface area contributed by atoms with Crippen LogP contribution in [0.15, 0.2) is 301 Å². The summed E-state index contributed by atoms with van der Waals surface area (Å²) in [6.45, 7) is 0. The number of nitrogens with one attached hydrogen (secondary N) is 8. The van der Waals surface area contributed by atoms with Gasteiger partial charge in [-0.2, -0.15) is 113 Å². The number of aromatic nitrogens is 12. The smallest absolute Gasteiger partial charge is 0.308 e. The molecular formula is C91H56Br2Cl3F21N20O4. The number of benzene rings is 8. The Morgan fingerprint density at radius 1 is 0.241 bits per heavy atom. The third-order valence-electron chi connectivity index (χ3n) is 19.0. The fourth-order valence-electron chi connectivity index (χ4n) is 12.7. The van der Waals surface area contributed by atoms with Gasteiger partial charge < -0.3 is 21.3 Å². The fourth-order valence-corrected chi connectivity index (χ4v) is 14.0. The van der Waals surface area contributed by atoms with Gasteiger partial charge in [-0.05, 0) is 218 Å². The van der Waals surface area contributed by atoms with Crippen molar-refractivity contribution in [1.82, 2.24) is 59.1 Å². The molecule has 0 saturated heterocycles. The van der Waals surface area contributed by atoms with Crippen LogP contribution in [-0.2, 0) is 43.2 Å². The Morgan fingerprint density at radius 2 is 0.475 bits per heavy atom. The maximum atomic E-state index is 13.1. The van der Waals surface area contributed by atoms with Gasteiger partial charge in [-0.25, -0.2) is 37.9 Å². The number of rotatable bonds is 16. The number of pyridine rings is 4. The maximum Gasteiger partial charge on any atom is 0.416 e. The van der Waals surface area contributed by atoms with Crippen LogP contribution in [0.2, 0.25) is 15.1 Å². The number of anilines is 8. The predicted molar refractivity (Wildman–Crippen MR) is 489 cm³/mol. The van der Waals surface area contributed by atoms with Crippen molar-refractivity contribution in [2.45, 2.75) is 43.2 Å². The highest BCUT2D eigenvalue weighted by molar-refractivity contribution is 9.10. The van der Waals surface area contributed by atoms with E-state index in [1.807, 2.05) is 65.2 Å². The van der Waals surface area contributed by atoms with Crippen LogP contribution >= 0.6 is 66.7 Å². The van der Waals surface area contributed by atoms with E-state index in [1.54, 1.807) is 102 Å². The van der Waals surface area contributed by atoms with Gasteiger partial charge in [0.1, 0.15) is 23.3 Å². The molecule has 0 aliphatic rings. The second kappa shape index (κ2) is 42.9. The van der Waals surface area contributed by atoms with E-state index in [1.165, 1.54) is 47.7 Å². The predicted octanol–water partition coefficient (Wildman–Crippen LogP) is 28.9. The Hall–Kier alpha value is -15.4. The Kier molecular flexibility index (Phi) is 31.4. The largest absolute Gasteiger partial charge is 0.416 e. The molecule has 0 saturated carbocycles. The minimum Gasteiger partial charge on any atom is -0.308 e. The number of halogens is 26. The summed E-state index contributed by atoms with van der Waals surface area (Å²) in [6.07, 6.45) is -22.0. The topological polar surface area (TPSA) is 287 Å². The Bertz CT molecular complexity index is 6840. The van der Waals surface area contributed by atoms with Crippen LogP contribution in [-0.4, -0.2) is 83.2 Å². The van der Waals surface area contributed by atoms with E-state index in [0.717, 1.165) is 95.8 Å². The van der Waals surface area contributed by atoms with Gasteiger partial charge in [-0.15, -0.1) is 0 Å². The molecule has 8 amide bonds. The number of hydrogen-bond acceptors (Lipinski definition) is 12. The number of alkyl halides is 21. The summed E-state index contributed by atoms with van der Waals surface area (Å²) < 4.78 is 282. The lowest BCUT2D eigenvalue weighted by Crippen LogP contribution is -2.22. The molecule has 24 nitrogen and oxygen atoms in total. The molecule has 0 unspecified atom stereocenters. The Balaban J connectivity index is 0.000000159. The SMILES string of the molecule is O=C(Nc1cc(C(F)(F)F)cc(C(F)(F)F)c1)Nc1cc(-c2cccnc2)nn1-c1ccc(C(F)(F)F)cc1.O=C(Nc1cc(C(F)(F)F)cc(C(F)(F)F)c1)Nc1cc(-c2ccncc2)nn1-c1ccc(C(F)(F)F)cc1.O=C(Nc1cc(Cl)cc(C(F)(F)F)c1)Nc1cc(-c2cccnc2)nn1-c1ccc(Br)cc1.O=C(Nc1cc(Cl)cc(Cl)c1)Nc1cc(-c2cccnc2)nn1-c1ccc(Br)cc1. The average molecular weight is 2160 g/mol. The van der Waals surface area contributed by atoms with Gasteiger partial charge in [-0.3, -0.25) is 41.2 Å². The molecule has 50 heteroatoms. The van der Waals surface area contributed by atoms with Crippen molar-refractivity contribution >= 4 is 137 Å². The number of hydrogen-bond donors (Lipinski definition) is 8. The van der Waals surface area contributed by atoms with E-state index in [4.69, 9.17) is 34.8 Å². The fraction of sp³-hybridized carbons (Fsp3) is 0.0769. The average Bonchev–Trinajstić information content (AvgIpc) is 1.70. The van der Waals surface area contributed by atoms with E-state index in [-0.39, 0.29) is 57.2 Å². The first-order valence-electron chi connectivity index (χ1n) is 39.5. The van der Waals surface area contributed by atoms with Gasteiger partial charge in [0.15, 0.2) is 0 Å². The van der Waals surface area contributed by atoms with Crippen LogP contribution in [0.5, 0.6) is 0 Å². The van der Waals surface area contributed by atoms with E-state index in [0.29, 0.717) is 79.8 Å². The lowest BCUT2D eigenvalue weighted by Gasteiger charge is -2.15. The number of carbonyl (C=O) groups excluding carboxylic acids is 4. The summed E-state index contributed by atoms with van der Waals surface area (Å²) in [7, 11) is 0. The minimum atomic E-state index is -5.13. The second-order valence-electron chi connectivity index (χ2n) is 29.1. The summed E-state index contributed by atoms with van der Waals surface area (Å²) in [5.41, 5.74) is -4.94. The number of carbonyl (C=O) groups is 4. The third-order valence-corrected chi connectivity index (χ3v) is 20.7. The quantitative estimate of drug-likeness (QED) is 0.0419. The van der Waals surface area contributed by atoms with Crippen molar-refractivity contribution in [3.63, 3.8) is 0 Å². The van der Waals surface area contributed by atoms with Crippen LogP contribution in [0.4, 0.5) is 157 Å². The van der Waals surface area contributed by atoms with Crippen molar-refractivity contribution in [2.75, 3.05) is 42.5 Å². The van der Waals surface area contributed by atoms with Crippen molar-refractivity contribution in [3.8, 4) is 67.8 Å². The van der Waals surface area contributed by atoms with Gasteiger partial charge in [0.25, 0.3) is 0 Å². The van der Waals surface area contributed by atoms with Gasteiger partial charge in [-0.1, -0.05) is 66.7 Å². The molecule has 8 aromatic heterocycles. The first-order chi connectivity index (χ1) is 66.4. The molecule has 0 fully saturated rings. The first-order valence-corrected chi connectivity index (χ1v) is 42.2. The van der Waals surface area contributed by atoms with Crippen molar-refractivity contribution in [2.24, 2.45) is 0 Å². The summed E-state index contributed by atoms with van der Waals surface area (Å²) >= 11 is 24.6. The lowest BCUT2D eigenvalue weighted by molar-refractivity contribution is -0.144. The molecule has 0 atom stereocenters. The zero-order valence-corrected chi connectivity index (χ0v) is 75.5. The molecule has 16 rings (SSSR count). The second-order valence-corrected chi connectivity index (χ2v) is 32.2. The van der Waals surface area contributed by atoms with Crippen LogP contribution in [0.3, 0.4) is 0 Å². The molecule has 0 aliphatic carbocycles. The summed E-state index contributed by atoms with van der Waals surface area (Å²) in [5.74, 6) is 0.477. The van der Waals surface area contributed by atoms with E-state index < -0.39 is 118 Å². The highest BCUT2D eigenvalue weighted by Crippen LogP contribution is 2.43. The lowest BCUT2D eigenvalue weighted by atomic mass is 10.1. The van der Waals surface area contributed by atoms with Gasteiger partial charge in [0.05, 0.1) is 84.5 Å². The minimum absolute atomic E-state index is 0.0619.